The second-order valence-corrected chi connectivity index (χ2v) is 8.95. The molecule has 3 aromatic carbocycles. The van der Waals surface area contributed by atoms with Gasteiger partial charge in [0.1, 0.15) is 10.6 Å². The molecule has 0 aliphatic heterocycles. The molecule has 2 N–H and O–H groups in total. The van der Waals surface area contributed by atoms with E-state index in [2.05, 4.69) is 26.0 Å². The van der Waals surface area contributed by atoms with Gasteiger partial charge in [-0.2, -0.15) is 0 Å². The van der Waals surface area contributed by atoms with Gasteiger partial charge in [-0.25, -0.2) is 8.42 Å². The van der Waals surface area contributed by atoms with E-state index in [1.165, 1.54) is 25.3 Å². The van der Waals surface area contributed by atoms with Crippen molar-refractivity contribution in [2.45, 2.75) is 4.90 Å². The van der Waals surface area contributed by atoms with Crippen molar-refractivity contribution in [1.82, 2.24) is 0 Å². The number of hydrogen-bond acceptors (Lipinski definition) is 4. The smallest absolute Gasteiger partial charge is 0.265 e. The summed E-state index contributed by atoms with van der Waals surface area (Å²) in [6, 6.07) is 17.5. The molecule has 0 heterocycles. The first-order valence-corrected chi connectivity index (χ1v) is 11.0. The molecule has 3 aromatic rings. The van der Waals surface area contributed by atoms with Crippen LogP contribution in [0.1, 0.15) is 10.4 Å². The molecule has 0 aliphatic rings. The highest BCUT2D eigenvalue weighted by Gasteiger charge is 2.22. The zero-order valence-electron chi connectivity index (χ0n) is 15.1. The van der Waals surface area contributed by atoms with Gasteiger partial charge in [-0.1, -0.05) is 33.6 Å². The lowest BCUT2D eigenvalue weighted by Gasteiger charge is -2.13. The Morgan fingerprint density at radius 3 is 2.38 bits per heavy atom. The molecular weight excluding hydrogens is 480 g/mol. The van der Waals surface area contributed by atoms with E-state index in [0.29, 0.717) is 16.4 Å². The molecule has 0 fully saturated rings. The Labute approximate surface area is 182 Å². The number of amides is 1. The Kier molecular flexibility index (Phi) is 6.46. The predicted octanol–water partition coefficient (Wildman–Crippen LogP) is 5.16. The number of methoxy groups -OCH3 is 1. The average Bonchev–Trinajstić information content (AvgIpc) is 2.69. The lowest BCUT2D eigenvalue weighted by atomic mass is 10.2. The second-order valence-electron chi connectivity index (χ2n) is 5.94. The minimum absolute atomic E-state index is 0.119. The van der Waals surface area contributed by atoms with Crippen LogP contribution in [0, 0.1) is 0 Å². The number of carbonyl (C=O) groups excluding carboxylic acids is 1. The van der Waals surface area contributed by atoms with Crippen LogP contribution in [-0.4, -0.2) is 21.4 Å². The SMILES string of the molecule is COc1ccc(C(=O)Nc2cccc(Cl)c2)cc1S(=O)(=O)Nc1ccc(Br)cc1. The summed E-state index contributed by atoms with van der Waals surface area (Å²) in [5, 5.41) is 3.16. The fraction of sp³-hybridized carbons (Fsp3) is 0.0500. The Morgan fingerprint density at radius 2 is 1.72 bits per heavy atom. The Balaban J connectivity index is 1.91. The van der Waals surface area contributed by atoms with Gasteiger partial charge in [0.15, 0.2) is 0 Å². The van der Waals surface area contributed by atoms with Crippen LogP contribution in [0.2, 0.25) is 5.02 Å². The number of hydrogen-bond donors (Lipinski definition) is 2. The fourth-order valence-corrected chi connectivity index (χ4v) is 4.23. The van der Waals surface area contributed by atoms with Crippen LogP contribution < -0.4 is 14.8 Å². The summed E-state index contributed by atoms with van der Waals surface area (Å²) in [5.41, 5.74) is 1.03. The van der Waals surface area contributed by atoms with E-state index in [4.69, 9.17) is 16.3 Å². The van der Waals surface area contributed by atoms with E-state index in [9.17, 15) is 13.2 Å². The maximum Gasteiger partial charge on any atom is 0.265 e. The van der Waals surface area contributed by atoms with Crippen LogP contribution in [0.3, 0.4) is 0 Å². The highest BCUT2D eigenvalue weighted by Crippen LogP contribution is 2.28. The number of benzene rings is 3. The van der Waals surface area contributed by atoms with Crippen molar-refractivity contribution < 1.29 is 17.9 Å². The maximum absolute atomic E-state index is 12.9. The van der Waals surface area contributed by atoms with E-state index in [1.807, 2.05) is 0 Å². The lowest BCUT2D eigenvalue weighted by Crippen LogP contribution is -2.17. The van der Waals surface area contributed by atoms with E-state index < -0.39 is 15.9 Å². The standard InChI is InChI=1S/C20H16BrClN2O4S/c1-28-18-10-5-13(20(25)23-17-4-2-3-15(22)12-17)11-19(18)29(26,27)24-16-8-6-14(21)7-9-16/h2-12,24H,1H3,(H,23,25). The first-order valence-electron chi connectivity index (χ1n) is 8.32. The molecule has 0 saturated carbocycles. The number of carbonyl (C=O) groups is 1. The third kappa shape index (κ3) is 5.29. The van der Waals surface area contributed by atoms with Crippen molar-refractivity contribution in [2.24, 2.45) is 0 Å². The van der Waals surface area contributed by atoms with Gasteiger partial charge in [-0.05, 0) is 60.7 Å². The summed E-state index contributed by atoms with van der Waals surface area (Å²) in [6.07, 6.45) is 0. The molecule has 0 bridgehead atoms. The molecular formula is C20H16BrClN2O4S. The van der Waals surface area contributed by atoms with Gasteiger partial charge in [0, 0.05) is 26.4 Å². The molecule has 6 nitrogen and oxygen atoms in total. The Hall–Kier alpha value is -2.55. The van der Waals surface area contributed by atoms with Crippen molar-refractivity contribution in [3.8, 4) is 5.75 Å². The van der Waals surface area contributed by atoms with Gasteiger partial charge in [-0.3, -0.25) is 9.52 Å². The zero-order valence-corrected chi connectivity index (χ0v) is 18.3. The van der Waals surface area contributed by atoms with Gasteiger partial charge in [0.2, 0.25) is 0 Å². The second kappa shape index (κ2) is 8.86. The summed E-state index contributed by atoms with van der Waals surface area (Å²) >= 11 is 9.23. The van der Waals surface area contributed by atoms with E-state index in [1.54, 1.807) is 48.5 Å². The average molecular weight is 496 g/mol. The first-order chi connectivity index (χ1) is 13.8. The predicted molar refractivity (Wildman–Crippen MR) is 117 cm³/mol. The summed E-state index contributed by atoms with van der Waals surface area (Å²) < 4.78 is 34.3. The molecule has 0 atom stereocenters. The third-order valence-electron chi connectivity index (χ3n) is 3.89. The zero-order chi connectivity index (χ0) is 21.0. The molecule has 3 rings (SSSR count). The molecule has 29 heavy (non-hydrogen) atoms. The maximum atomic E-state index is 12.9. The third-order valence-corrected chi connectivity index (χ3v) is 6.06. The van der Waals surface area contributed by atoms with Crippen molar-refractivity contribution in [3.63, 3.8) is 0 Å². The van der Waals surface area contributed by atoms with Crippen LogP contribution in [0.25, 0.3) is 0 Å². The molecule has 0 unspecified atom stereocenters. The topological polar surface area (TPSA) is 84.5 Å². The van der Waals surface area contributed by atoms with Crippen molar-refractivity contribution in [1.29, 1.82) is 0 Å². The van der Waals surface area contributed by atoms with E-state index in [-0.39, 0.29) is 16.2 Å². The number of sulfonamides is 1. The molecule has 1 amide bonds. The van der Waals surface area contributed by atoms with Gasteiger partial charge >= 0.3 is 0 Å². The molecule has 0 aromatic heterocycles. The van der Waals surface area contributed by atoms with Crippen molar-refractivity contribution in [2.75, 3.05) is 17.1 Å². The lowest BCUT2D eigenvalue weighted by molar-refractivity contribution is 0.102. The molecule has 0 spiro atoms. The molecule has 9 heteroatoms. The molecule has 0 radical (unpaired) electrons. The monoisotopic (exact) mass is 494 g/mol. The highest BCUT2D eigenvalue weighted by atomic mass is 79.9. The largest absolute Gasteiger partial charge is 0.495 e. The molecule has 150 valence electrons. The number of nitrogens with one attached hydrogen (secondary N) is 2. The van der Waals surface area contributed by atoms with E-state index in [0.717, 1.165) is 4.47 Å². The summed E-state index contributed by atoms with van der Waals surface area (Å²) in [5.74, 6) is -0.357. The van der Waals surface area contributed by atoms with Crippen LogP contribution in [-0.2, 0) is 10.0 Å². The minimum atomic E-state index is -4.00. The van der Waals surface area contributed by atoms with Crippen LogP contribution in [0.4, 0.5) is 11.4 Å². The quantitative estimate of drug-likeness (QED) is 0.494. The Morgan fingerprint density at radius 1 is 1.00 bits per heavy atom. The molecule has 0 saturated heterocycles. The van der Waals surface area contributed by atoms with Gasteiger partial charge in [0.25, 0.3) is 15.9 Å². The molecule has 0 aliphatic carbocycles. The van der Waals surface area contributed by atoms with Crippen molar-refractivity contribution in [3.05, 3.63) is 81.8 Å². The summed E-state index contributed by atoms with van der Waals surface area (Å²) in [7, 11) is -2.64. The van der Waals surface area contributed by atoms with Gasteiger partial charge in [0.05, 0.1) is 7.11 Å². The number of halogens is 2. The number of anilines is 2. The van der Waals surface area contributed by atoms with Gasteiger partial charge in [-0.15, -0.1) is 0 Å². The Bertz CT molecular complexity index is 1150. The summed E-state index contributed by atoms with van der Waals surface area (Å²) in [4.78, 5) is 12.4. The summed E-state index contributed by atoms with van der Waals surface area (Å²) in [6.45, 7) is 0. The van der Waals surface area contributed by atoms with Crippen LogP contribution in [0.5, 0.6) is 5.75 Å². The normalized spacial score (nSPS) is 11.0. The number of rotatable bonds is 6. The fourth-order valence-electron chi connectivity index (χ4n) is 2.53. The van der Waals surface area contributed by atoms with Gasteiger partial charge < -0.3 is 10.1 Å². The first kappa shape index (κ1) is 21.2. The van der Waals surface area contributed by atoms with E-state index >= 15 is 0 Å². The minimum Gasteiger partial charge on any atom is -0.495 e. The highest BCUT2D eigenvalue weighted by molar-refractivity contribution is 9.10. The number of ether oxygens (including phenoxy) is 1. The van der Waals surface area contributed by atoms with Crippen LogP contribution >= 0.6 is 27.5 Å². The van der Waals surface area contributed by atoms with Crippen LogP contribution in [0.15, 0.2) is 76.1 Å². The van der Waals surface area contributed by atoms with Crippen molar-refractivity contribution >= 4 is 54.8 Å².